The Balaban J connectivity index is 1.78. The summed E-state index contributed by atoms with van der Waals surface area (Å²) in [5.41, 5.74) is 2.76. The number of para-hydroxylation sites is 1. The highest BCUT2D eigenvalue weighted by Gasteiger charge is 2.32. The third-order valence-corrected chi connectivity index (χ3v) is 5.62. The Morgan fingerprint density at radius 3 is 2.62 bits per heavy atom. The smallest absolute Gasteiger partial charge is 0.355 e. The van der Waals surface area contributed by atoms with Crippen LogP contribution >= 0.6 is 11.3 Å². The number of aromatic nitrogens is 1. The summed E-state index contributed by atoms with van der Waals surface area (Å²) in [7, 11) is 2.53. The normalized spacial score (nSPS) is 14.2. The fourth-order valence-electron chi connectivity index (χ4n) is 3.15. The van der Waals surface area contributed by atoms with Crippen LogP contribution in [0.1, 0.15) is 0 Å². The molecule has 8 heteroatoms. The molecule has 0 radical (unpaired) electrons. The van der Waals surface area contributed by atoms with E-state index in [1.165, 1.54) is 14.2 Å². The molecule has 0 atom stereocenters. The summed E-state index contributed by atoms with van der Waals surface area (Å²) in [5.74, 6) is -1.25. The molecule has 0 unspecified atom stereocenters. The molecule has 1 aliphatic heterocycles. The fraction of sp³-hybridized carbons (Fsp3) is 0.190. The van der Waals surface area contributed by atoms with Gasteiger partial charge in [0, 0.05) is 11.3 Å². The summed E-state index contributed by atoms with van der Waals surface area (Å²) in [6, 6.07) is 15.5. The van der Waals surface area contributed by atoms with Gasteiger partial charge in [0.15, 0.2) is 0 Å². The number of fused-ring (bicyclic) bond motifs is 1. The van der Waals surface area contributed by atoms with Gasteiger partial charge in [0.05, 0.1) is 36.6 Å². The molecule has 0 N–H and O–H groups in total. The molecular formula is C21H18N2O5S. The number of carbonyl (C=O) groups excluding carboxylic acids is 2. The number of carbonyl (C=O) groups is 2. The van der Waals surface area contributed by atoms with Gasteiger partial charge in [-0.25, -0.2) is 14.6 Å². The zero-order valence-corrected chi connectivity index (χ0v) is 16.7. The summed E-state index contributed by atoms with van der Waals surface area (Å²) < 4.78 is 16.3. The predicted molar refractivity (Wildman–Crippen MR) is 109 cm³/mol. The number of methoxy groups -OCH3 is 2. The largest absolute Gasteiger partial charge is 0.466 e. The number of ether oxygens (including phenoxy) is 3. The van der Waals surface area contributed by atoms with Crippen molar-refractivity contribution in [2.45, 2.75) is 0 Å². The van der Waals surface area contributed by atoms with Crippen LogP contribution in [0.5, 0.6) is 0 Å². The molecule has 148 valence electrons. The Labute approximate surface area is 171 Å². The van der Waals surface area contributed by atoms with Crippen molar-refractivity contribution >= 4 is 39.2 Å². The topological polar surface area (TPSA) is 78.0 Å². The van der Waals surface area contributed by atoms with E-state index in [0.717, 1.165) is 20.8 Å². The van der Waals surface area contributed by atoms with Gasteiger partial charge in [-0.1, -0.05) is 24.3 Å². The van der Waals surface area contributed by atoms with E-state index in [4.69, 9.17) is 14.2 Å². The average molecular weight is 410 g/mol. The standard InChI is InChI=1S/C21H18N2O5S/c1-26-20(24)15-11-28-12-23(18(15)21(25)27-2)14-7-5-6-13(10-14)19-22-16-8-3-4-9-17(16)29-19/h3-10H,11-12H2,1-2H3. The van der Waals surface area contributed by atoms with Crippen molar-refractivity contribution in [1.82, 2.24) is 4.98 Å². The first-order valence-corrected chi connectivity index (χ1v) is 9.65. The maximum atomic E-state index is 12.5. The zero-order chi connectivity index (χ0) is 20.4. The fourth-order valence-corrected chi connectivity index (χ4v) is 4.11. The van der Waals surface area contributed by atoms with Crippen LogP contribution in [-0.4, -0.2) is 44.5 Å². The van der Waals surface area contributed by atoms with Crippen LogP contribution < -0.4 is 4.90 Å². The van der Waals surface area contributed by atoms with E-state index in [9.17, 15) is 9.59 Å². The quantitative estimate of drug-likeness (QED) is 0.610. The zero-order valence-electron chi connectivity index (χ0n) is 15.9. The third kappa shape index (κ3) is 3.59. The molecule has 0 fully saturated rings. The maximum absolute atomic E-state index is 12.5. The molecule has 0 spiro atoms. The SMILES string of the molecule is COC(=O)C1=C(C(=O)OC)N(c2cccc(-c3nc4ccccc4s3)c2)COC1. The van der Waals surface area contributed by atoms with Crippen molar-refractivity contribution in [3.8, 4) is 10.6 Å². The molecule has 2 aromatic carbocycles. The Bertz CT molecular complexity index is 1090. The van der Waals surface area contributed by atoms with Crippen LogP contribution in [0.4, 0.5) is 5.69 Å². The molecule has 3 aromatic rings. The highest BCUT2D eigenvalue weighted by atomic mass is 32.1. The maximum Gasteiger partial charge on any atom is 0.355 e. The number of rotatable bonds is 4. The highest BCUT2D eigenvalue weighted by Crippen LogP contribution is 2.34. The lowest BCUT2D eigenvalue weighted by Gasteiger charge is -2.31. The van der Waals surface area contributed by atoms with Crippen molar-refractivity contribution < 1.29 is 23.8 Å². The van der Waals surface area contributed by atoms with Gasteiger partial charge in [0.2, 0.25) is 0 Å². The molecule has 1 aromatic heterocycles. The molecule has 1 aliphatic rings. The van der Waals surface area contributed by atoms with E-state index < -0.39 is 11.9 Å². The van der Waals surface area contributed by atoms with Crippen molar-refractivity contribution in [1.29, 1.82) is 0 Å². The first kappa shape index (κ1) is 19.1. The lowest BCUT2D eigenvalue weighted by atomic mass is 10.1. The van der Waals surface area contributed by atoms with E-state index in [2.05, 4.69) is 4.98 Å². The van der Waals surface area contributed by atoms with Crippen molar-refractivity contribution in [2.24, 2.45) is 0 Å². The Morgan fingerprint density at radius 2 is 1.86 bits per heavy atom. The van der Waals surface area contributed by atoms with Crippen molar-refractivity contribution in [3.63, 3.8) is 0 Å². The number of hydrogen-bond acceptors (Lipinski definition) is 8. The summed E-state index contributed by atoms with van der Waals surface area (Å²) in [6.45, 7) is 0.0827. The lowest BCUT2D eigenvalue weighted by molar-refractivity contribution is -0.140. The highest BCUT2D eigenvalue weighted by molar-refractivity contribution is 7.21. The number of anilines is 1. The molecule has 0 saturated heterocycles. The predicted octanol–water partition coefficient (Wildman–Crippen LogP) is 3.36. The van der Waals surface area contributed by atoms with Gasteiger partial charge >= 0.3 is 11.9 Å². The second-order valence-corrected chi connectivity index (χ2v) is 7.28. The van der Waals surface area contributed by atoms with E-state index >= 15 is 0 Å². The molecule has 0 bridgehead atoms. The number of benzene rings is 2. The van der Waals surface area contributed by atoms with Gasteiger partial charge in [-0.3, -0.25) is 0 Å². The van der Waals surface area contributed by atoms with E-state index in [-0.39, 0.29) is 24.6 Å². The van der Waals surface area contributed by atoms with Crippen LogP contribution in [-0.2, 0) is 23.8 Å². The summed E-state index contributed by atoms with van der Waals surface area (Å²) in [5, 5.41) is 0.864. The number of thiazole rings is 1. The number of nitrogens with zero attached hydrogens (tertiary/aromatic N) is 2. The van der Waals surface area contributed by atoms with Crippen LogP contribution in [0, 0.1) is 0 Å². The van der Waals surface area contributed by atoms with E-state index in [1.54, 1.807) is 16.2 Å². The van der Waals surface area contributed by atoms with Gasteiger partial charge in [-0.15, -0.1) is 11.3 Å². The molecule has 0 amide bonds. The van der Waals surface area contributed by atoms with E-state index in [0.29, 0.717) is 5.69 Å². The molecule has 0 saturated carbocycles. The van der Waals surface area contributed by atoms with Crippen LogP contribution in [0.2, 0.25) is 0 Å². The summed E-state index contributed by atoms with van der Waals surface area (Å²) >= 11 is 1.59. The van der Waals surface area contributed by atoms with Crippen LogP contribution in [0.15, 0.2) is 59.8 Å². The molecule has 29 heavy (non-hydrogen) atoms. The second-order valence-electron chi connectivity index (χ2n) is 6.25. The average Bonchev–Trinajstić information content (AvgIpc) is 3.22. The Morgan fingerprint density at radius 1 is 1.07 bits per heavy atom. The first-order chi connectivity index (χ1) is 14.1. The third-order valence-electron chi connectivity index (χ3n) is 4.53. The van der Waals surface area contributed by atoms with Crippen LogP contribution in [0.25, 0.3) is 20.8 Å². The second kappa shape index (κ2) is 8.02. The van der Waals surface area contributed by atoms with Gasteiger partial charge in [0.25, 0.3) is 0 Å². The first-order valence-electron chi connectivity index (χ1n) is 8.83. The Kier molecular flexibility index (Phi) is 5.28. The minimum absolute atomic E-state index is 0.0227. The Hall–Kier alpha value is -3.23. The van der Waals surface area contributed by atoms with Crippen molar-refractivity contribution in [3.05, 3.63) is 59.8 Å². The monoisotopic (exact) mass is 410 g/mol. The summed E-state index contributed by atoms with van der Waals surface area (Å²) in [6.07, 6.45) is 0. The number of esters is 2. The minimum Gasteiger partial charge on any atom is -0.466 e. The van der Waals surface area contributed by atoms with Gasteiger partial charge < -0.3 is 19.1 Å². The molecule has 4 rings (SSSR count). The van der Waals surface area contributed by atoms with Crippen LogP contribution in [0.3, 0.4) is 0 Å². The molecule has 0 aliphatic carbocycles. The lowest BCUT2D eigenvalue weighted by Crippen LogP contribution is -2.38. The van der Waals surface area contributed by atoms with Gasteiger partial charge in [-0.2, -0.15) is 0 Å². The van der Waals surface area contributed by atoms with Gasteiger partial charge in [-0.05, 0) is 24.3 Å². The molecular weight excluding hydrogens is 392 g/mol. The molecule has 2 heterocycles. The van der Waals surface area contributed by atoms with Gasteiger partial charge in [0.1, 0.15) is 17.4 Å². The minimum atomic E-state index is -0.627. The summed E-state index contributed by atoms with van der Waals surface area (Å²) in [4.78, 5) is 30.9. The molecule has 7 nitrogen and oxygen atoms in total. The van der Waals surface area contributed by atoms with E-state index in [1.807, 2.05) is 48.5 Å². The number of hydrogen-bond donors (Lipinski definition) is 0. The van der Waals surface area contributed by atoms with Crippen molar-refractivity contribution in [2.75, 3.05) is 32.5 Å².